The molecule has 1 rings (SSSR count). The first-order chi connectivity index (χ1) is 9.95. The molecule has 5 heteroatoms. The number of amides is 2. The van der Waals surface area contributed by atoms with Crippen LogP contribution in [0.5, 0.6) is 0 Å². The minimum Gasteiger partial charge on any atom is -0.481 e. The van der Waals surface area contributed by atoms with E-state index >= 15 is 0 Å². The lowest BCUT2D eigenvalue weighted by Crippen LogP contribution is -2.47. The summed E-state index contributed by atoms with van der Waals surface area (Å²) in [5, 5.41) is 14.9. The van der Waals surface area contributed by atoms with Crippen molar-refractivity contribution in [1.82, 2.24) is 10.6 Å². The normalized spacial score (nSPS) is 19.0. The van der Waals surface area contributed by atoms with Crippen LogP contribution in [-0.2, 0) is 4.79 Å². The average Bonchev–Trinajstić information content (AvgIpc) is 2.45. The number of urea groups is 1. The molecule has 0 bridgehead atoms. The number of hydrogen-bond acceptors (Lipinski definition) is 2. The summed E-state index contributed by atoms with van der Waals surface area (Å²) < 4.78 is 0. The molecule has 0 aromatic heterocycles. The molecule has 122 valence electrons. The van der Waals surface area contributed by atoms with Crippen molar-refractivity contribution in [2.24, 2.45) is 17.8 Å². The summed E-state index contributed by atoms with van der Waals surface area (Å²) in [6.07, 6.45) is 7.08. The highest BCUT2D eigenvalue weighted by atomic mass is 16.4. The first kappa shape index (κ1) is 17.8. The van der Waals surface area contributed by atoms with Gasteiger partial charge in [-0.3, -0.25) is 4.79 Å². The molecule has 0 aromatic rings. The van der Waals surface area contributed by atoms with E-state index < -0.39 is 11.9 Å². The minimum atomic E-state index is -0.857. The lowest BCUT2D eigenvalue weighted by Gasteiger charge is -2.30. The summed E-state index contributed by atoms with van der Waals surface area (Å²) in [6.45, 7) is 5.98. The molecule has 2 atom stereocenters. The number of aliphatic carboxylic acids is 1. The third-order valence-corrected chi connectivity index (χ3v) is 4.58. The van der Waals surface area contributed by atoms with Gasteiger partial charge in [-0.1, -0.05) is 40.0 Å². The SMILES string of the molecule is CCC(NC(=O)NCC(C(=O)O)C(C)C)C1CCCCC1. The van der Waals surface area contributed by atoms with Crippen LogP contribution in [0.15, 0.2) is 0 Å². The molecule has 5 nitrogen and oxygen atoms in total. The predicted molar refractivity (Wildman–Crippen MR) is 83.2 cm³/mol. The molecule has 0 aliphatic heterocycles. The van der Waals surface area contributed by atoms with Gasteiger partial charge in [0.05, 0.1) is 5.92 Å². The van der Waals surface area contributed by atoms with E-state index in [1.54, 1.807) is 0 Å². The number of rotatable bonds is 7. The van der Waals surface area contributed by atoms with E-state index in [1.807, 2.05) is 13.8 Å². The van der Waals surface area contributed by atoms with E-state index in [0.29, 0.717) is 5.92 Å². The van der Waals surface area contributed by atoms with Gasteiger partial charge in [0.15, 0.2) is 0 Å². The van der Waals surface area contributed by atoms with Gasteiger partial charge in [-0.25, -0.2) is 4.79 Å². The number of nitrogens with one attached hydrogen (secondary N) is 2. The maximum absolute atomic E-state index is 12.0. The zero-order valence-electron chi connectivity index (χ0n) is 13.5. The van der Waals surface area contributed by atoms with E-state index in [-0.39, 0.29) is 24.5 Å². The van der Waals surface area contributed by atoms with Gasteiger partial charge in [0.1, 0.15) is 0 Å². The van der Waals surface area contributed by atoms with Crippen molar-refractivity contribution in [2.45, 2.75) is 65.3 Å². The molecule has 0 radical (unpaired) electrons. The molecule has 0 saturated heterocycles. The Bertz CT molecular complexity index is 338. The van der Waals surface area contributed by atoms with Gasteiger partial charge in [-0.15, -0.1) is 0 Å². The van der Waals surface area contributed by atoms with Crippen LogP contribution in [0.25, 0.3) is 0 Å². The summed E-state index contributed by atoms with van der Waals surface area (Å²) >= 11 is 0. The average molecular weight is 298 g/mol. The minimum absolute atomic E-state index is 0.00289. The fourth-order valence-electron chi connectivity index (χ4n) is 3.12. The second-order valence-electron chi connectivity index (χ2n) is 6.46. The van der Waals surface area contributed by atoms with Crippen molar-refractivity contribution in [3.8, 4) is 0 Å². The largest absolute Gasteiger partial charge is 0.481 e. The Morgan fingerprint density at radius 1 is 1.19 bits per heavy atom. The summed E-state index contributed by atoms with van der Waals surface area (Å²) in [4.78, 5) is 23.1. The molecule has 1 saturated carbocycles. The van der Waals surface area contributed by atoms with Crippen LogP contribution >= 0.6 is 0 Å². The van der Waals surface area contributed by atoms with Crippen LogP contribution in [0.2, 0.25) is 0 Å². The Hall–Kier alpha value is -1.26. The molecule has 2 amide bonds. The number of carbonyl (C=O) groups excluding carboxylic acids is 1. The molecule has 1 aliphatic rings. The second-order valence-corrected chi connectivity index (χ2v) is 6.46. The van der Waals surface area contributed by atoms with Gasteiger partial charge < -0.3 is 15.7 Å². The van der Waals surface area contributed by atoms with Crippen molar-refractivity contribution >= 4 is 12.0 Å². The molecule has 21 heavy (non-hydrogen) atoms. The van der Waals surface area contributed by atoms with Crippen LogP contribution in [0.3, 0.4) is 0 Å². The Morgan fingerprint density at radius 3 is 2.29 bits per heavy atom. The molecule has 1 aliphatic carbocycles. The molecule has 1 fully saturated rings. The van der Waals surface area contributed by atoms with E-state index in [1.165, 1.54) is 32.1 Å². The lowest BCUT2D eigenvalue weighted by atomic mass is 9.83. The van der Waals surface area contributed by atoms with Gasteiger partial charge in [-0.2, -0.15) is 0 Å². The number of carbonyl (C=O) groups is 2. The first-order valence-corrected chi connectivity index (χ1v) is 8.22. The van der Waals surface area contributed by atoms with Crippen LogP contribution in [0.1, 0.15) is 59.3 Å². The Labute approximate surface area is 127 Å². The van der Waals surface area contributed by atoms with Crippen molar-refractivity contribution in [3.63, 3.8) is 0 Å². The number of hydrogen-bond donors (Lipinski definition) is 3. The van der Waals surface area contributed by atoms with E-state index in [2.05, 4.69) is 17.6 Å². The number of carboxylic acid groups (broad SMARTS) is 1. The smallest absolute Gasteiger partial charge is 0.315 e. The van der Waals surface area contributed by atoms with Crippen molar-refractivity contribution < 1.29 is 14.7 Å². The van der Waals surface area contributed by atoms with Crippen LogP contribution in [0, 0.1) is 17.8 Å². The topological polar surface area (TPSA) is 78.4 Å². The second kappa shape index (κ2) is 8.90. The third kappa shape index (κ3) is 5.94. The summed E-state index contributed by atoms with van der Waals surface area (Å²) in [5.41, 5.74) is 0. The van der Waals surface area contributed by atoms with Gasteiger partial charge in [0.25, 0.3) is 0 Å². The van der Waals surface area contributed by atoms with Crippen LogP contribution < -0.4 is 10.6 Å². The summed E-state index contributed by atoms with van der Waals surface area (Å²) in [5.74, 6) is -0.826. The molecule has 0 spiro atoms. The zero-order valence-corrected chi connectivity index (χ0v) is 13.5. The van der Waals surface area contributed by atoms with Crippen LogP contribution in [0.4, 0.5) is 4.79 Å². The first-order valence-electron chi connectivity index (χ1n) is 8.22. The third-order valence-electron chi connectivity index (χ3n) is 4.58. The van der Waals surface area contributed by atoms with Gasteiger partial charge in [0.2, 0.25) is 0 Å². The van der Waals surface area contributed by atoms with Crippen molar-refractivity contribution in [1.29, 1.82) is 0 Å². The monoisotopic (exact) mass is 298 g/mol. The zero-order chi connectivity index (χ0) is 15.8. The summed E-state index contributed by atoms with van der Waals surface area (Å²) in [7, 11) is 0. The molecular formula is C16H30N2O3. The standard InChI is InChI=1S/C16H30N2O3/c1-4-14(12-8-6-5-7-9-12)18-16(21)17-10-13(11(2)3)15(19)20/h11-14H,4-10H2,1-3H3,(H,19,20)(H2,17,18,21). The number of carboxylic acids is 1. The quantitative estimate of drug-likeness (QED) is 0.676. The highest BCUT2D eigenvalue weighted by Crippen LogP contribution is 2.27. The Kier molecular flexibility index (Phi) is 7.54. The van der Waals surface area contributed by atoms with E-state index in [4.69, 9.17) is 5.11 Å². The molecule has 0 aromatic carbocycles. The van der Waals surface area contributed by atoms with Crippen molar-refractivity contribution in [2.75, 3.05) is 6.54 Å². The summed E-state index contributed by atoms with van der Waals surface area (Å²) in [6, 6.07) is -0.0352. The van der Waals surface area contributed by atoms with Gasteiger partial charge >= 0.3 is 12.0 Å². The van der Waals surface area contributed by atoms with E-state index in [0.717, 1.165) is 6.42 Å². The fraction of sp³-hybridized carbons (Fsp3) is 0.875. The highest BCUT2D eigenvalue weighted by molar-refractivity contribution is 5.76. The molecule has 2 unspecified atom stereocenters. The maximum Gasteiger partial charge on any atom is 0.315 e. The highest BCUT2D eigenvalue weighted by Gasteiger charge is 2.25. The molecule has 3 N–H and O–H groups in total. The maximum atomic E-state index is 12.0. The Morgan fingerprint density at radius 2 is 1.81 bits per heavy atom. The van der Waals surface area contributed by atoms with Crippen molar-refractivity contribution in [3.05, 3.63) is 0 Å². The lowest BCUT2D eigenvalue weighted by molar-refractivity contribution is -0.142. The predicted octanol–water partition coefficient (Wildman–Crippen LogP) is 3.00. The molecule has 0 heterocycles. The van der Waals surface area contributed by atoms with E-state index in [9.17, 15) is 9.59 Å². The Balaban J connectivity index is 2.41. The van der Waals surface area contributed by atoms with Gasteiger partial charge in [-0.05, 0) is 31.1 Å². The fourth-order valence-corrected chi connectivity index (χ4v) is 3.12. The van der Waals surface area contributed by atoms with Crippen LogP contribution in [-0.4, -0.2) is 29.7 Å². The molecular weight excluding hydrogens is 268 g/mol. The van der Waals surface area contributed by atoms with Gasteiger partial charge in [0, 0.05) is 12.6 Å².